The second-order valence-electron chi connectivity index (χ2n) is 8.21. The molecule has 3 atom stereocenters. The number of aromatic nitrogens is 2. The van der Waals surface area contributed by atoms with Crippen LogP contribution in [0.1, 0.15) is 28.9 Å². The van der Waals surface area contributed by atoms with Crippen LogP contribution in [0.25, 0.3) is 10.8 Å². The van der Waals surface area contributed by atoms with Crippen molar-refractivity contribution in [3.05, 3.63) is 66.0 Å². The number of fused-ring (bicyclic) bond motifs is 2. The molecule has 2 heterocycles. The third-order valence-corrected chi connectivity index (χ3v) is 6.27. The van der Waals surface area contributed by atoms with Crippen LogP contribution in [0, 0.1) is 11.8 Å². The van der Waals surface area contributed by atoms with Crippen LogP contribution in [0.3, 0.4) is 0 Å². The number of amides is 1. The smallest absolute Gasteiger partial charge is 0.251 e. The van der Waals surface area contributed by atoms with Crippen molar-refractivity contribution < 1.29 is 9.59 Å². The van der Waals surface area contributed by atoms with Crippen molar-refractivity contribution in [2.75, 3.05) is 18.0 Å². The number of ketones is 1. The zero-order chi connectivity index (χ0) is 20.8. The molecule has 152 valence electrons. The molecule has 1 saturated carbocycles. The van der Waals surface area contributed by atoms with E-state index in [0.717, 1.165) is 24.0 Å². The lowest BCUT2D eigenvalue weighted by Gasteiger charge is -2.23. The van der Waals surface area contributed by atoms with E-state index < -0.39 is 5.91 Å². The van der Waals surface area contributed by atoms with E-state index in [2.05, 4.69) is 44.5 Å². The van der Waals surface area contributed by atoms with Gasteiger partial charge in [-0.25, -0.2) is 9.97 Å². The Labute approximate surface area is 174 Å². The Kier molecular flexibility index (Phi) is 4.47. The number of hydrogen-bond donors (Lipinski definition) is 2. The van der Waals surface area contributed by atoms with Gasteiger partial charge in [0.05, 0.1) is 11.6 Å². The van der Waals surface area contributed by atoms with Crippen LogP contribution in [0.2, 0.25) is 0 Å². The standard InChI is InChI=1S/C23H23N5O2/c1-13(29)20(16-7-6-14-4-2-3-5-15(14)8-16)27-21-18-11-28(12-19(18)21)23-25-9-17(10-26-23)22(24)30/h2-10,18-21,27H,11-12H2,1H3,(H2,24,30). The summed E-state index contributed by atoms with van der Waals surface area (Å²) in [5.41, 5.74) is 6.56. The van der Waals surface area contributed by atoms with Gasteiger partial charge in [0, 0.05) is 31.5 Å². The summed E-state index contributed by atoms with van der Waals surface area (Å²) < 4.78 is 0. The minimum Gasteiger partial charge on any atom is -0.366 e. The third-order valence-electron chi connectivity index (χ3n) is 6.27. The maximum Gasteiger partial charge on any atom is 0.251 e. The number of nitrogens with one attached hydrogen (secondary N) is 1. The van der Waals surface area contributed by atoms with Crippen LogP contribution >= 0.6 is 0 Å². The van der Waals surface area contributed by atoms with Gasteiger partial charge in [0.1, 0.15) is 0 Å². The van der Waals surface area contributed by atoms with E-state index in [4.69, 9.17) is 5.73 Å². The highest BCUT2D eigenvalue weighted by atomic mass is 16.1. The van der Waals surface area contributed by atoms with E-state index in [-0.39, 0.29) is 11.8 Å². The van der Waals surface area contributed by atoms with Crippen LogP contribution in [0.4, 0.5) is 5.95 Å². The number of anilines is 1. The highest BCUT2D eigenvalue weighted by molar-refractivity contribution is 5.92. The molecule has 0 bridgehead atoms. The Morgan fingerprint density at radius 1 is 1.07 bits per heavy atom. The van der Waals surface area contributed by atoms with Gasteiger partial charge < -0.3 is 16.0 Å². The molecule has 2 aromatic carbocycles. The molecular formula is C23H23N5O2. The van der Waals surface area contributed by atoms with Gasteiger partial charge in [-0.2, -0.15) is 0 Å². The number of piperidine rings is 1. The number of rotatable bonds is 6. The fourth-order valence-electron chi connectivity index (χ4n) is 4.58. The van der Waals surface area contributed by atoms with Crippen LogP contribution in [-0.4, -0.2) is 40.8 Å². The van der Waals surface area contributed by atoms with Gasteiger partial charge in [0.25, 0.3) is 5.91 Å². The van der Waals surface area contributed by atoms with Crippen molar-refractivity contribution in [1.29, 1.82) is 0 Å². The van der Waals surface area contributed by atoms with Crippen molar-refractivity contribution >= 4 is 28.4 Å². The second kappa shape index (κ2) is 7.18. The van der Waals surface area contributed by atoms with Crippen molar-refractivity contribution in [3.8, 4) is 0 Å². The SMILES string of the molecule is CC(=O)C(NC1C2CN(c3ncc(C(N)=O)cn3)CC21)c1ccc2ccccc2c1. The summed E-state index contributed by atoms with van der Waals surface area (Å²) in [6.07, 6.45) is 2.94. The molecule has 2 fully saturated rings. The Morgan fingerprint density at radius 2 is 1.73 bits per heavy atom. The summed E-state index contributed by atoms with van der Waals surface area (Å²) in [7, 11) is 0. The van der Waals surface area contributed by atoms with Gasteiger partial charge in [0.15, 0.2) is 5.78 Å². The van der Waals surface area contributed by atoms with E-state index in [1.165, 1.54) is 17.8 Å². The minimum absolute atomic E-state index is 0.123. The molecule has 1 amide bonds. The van der Waals surface area contributed by atoms with E-state index in [1.807, 2.05) is 18.2 Å². The second-order valence-corrected chi connectivity index (χ2v) is 8.21. The number of carbonyl (C=O) groups excluding carboxylic acids is 2. The number of nitrogens with zero attached hydrogens (tertiary/aromatic N) is 3. The summed E-state index contributed by atoms with van der Waals surface area (Å²) in [6.45, 7) is 3.31. The maximum absolute atomic E-state index is 12.4. The topological polar surface area (TPSA) is 101 Å². The zero-order valence-electron chi connectivity index (χ0n) is 16.7. The number of benzene rings is 2. The fraction of sp³-hybridized carbons (Fsp3) is 0.304. The zero-order valence-corrected chi connectivity index (χ0v) is 16.7. The molecule has 0 spiro atoms. The van der Waals surface area contributed by atoms with Gasteiger partial charge >= 0.3 is 0 Å². The molecule has 1 saturated heterocycles. The first-order chi connectivity index (χ1) is 14.5. The number of primary amides is 1. The number of nitrogens with two attached hydrogens (primary N) is 1. The van der Waals surface area contributed by atoms with E-state index >= 15 is 0 Å². The molecular weight excluding hydrogens is 378 g/mol. The lowest BCUT2D eigenvalue weighted by atomic mass is 9.99. The van der Waals surface area contributed by atoms with E-state index in [0.29, 0.717) is 29.4 Å². The van der Waals surface area contributed by atoms with Crippen molar-refractivity contribution in [2.24, 2.45) is 17.6 Å². The summed E-state index contributed by atoms with van der Waals surface area (Å²) in [4.78, 5) is 34.2. The van der Waals surface area contributed by atoms with Gasteiger partial charge in [0.2, 0.25) is 5.95 Å². The van der Waals surface area contributed by atoms with Crippen molar-refractivity contribution in [1.82, 2.24) is 15.3 Å². The highest BCUT2D eigenvalue weighted by Gasteiger charge is 2.56. The predicted octanol–water partition coefficient (Wildman–Crippen LogP) is 2.08. The normalized spacial score (nSPS) is 23.2. The molecule has 1 aliphatic carbocycles. The minimum atomic E-state index is -0.529. The van der Waals surface area contributed by atoms with Crippen LogP contribution in [0.5, 0.6) is 0 Å². The van der Waals surface area contributed by atoms with Crippen molar-refractivity contribution in [3.63, 3.8) is 0 Å². The predicted molar refractivity (Wildman–Crippen MR) is 114 cm³/mol. The summed E-state index contributed by atoms with van der Waals surface area (Å²) in [6, 6.07) is 14.4. The highest BCUT2D eigenvalue weighted by Crippen LogP contribution is 2.47. The molecule has 0 radical (unpaired) electrons. The molecule has 2 aliphatic rings. The summed E-state index contributed by atoms with van der Waals surface area (Å²) in [5.74, 6) is 1.14. The first kappa shape index (κ1) is 18.7. The Bertz CT molecular complexity index is 1120. The summed E-state index contributed by atoms with van der Waals surface area (Å²) in [5, 5.41) is 5.90. The molecule has 3 unspecified atom stereocenters. The van der Waals surface area contributed by atoms with Gasteiger partial charge in [-0.15, -0.1) is 0 Å². The largest absolute Gasteiger partial charge is 0.366 e. The summed E-state index contributed by atoms with van der Waals surface area (Å²) >= 11 is 0. The Morgan fingerprint density at radius 3 is 2.37 bits per heavy atom. The number of hydrogen-bond acceptors (Lipinski definition) is 6. The molecule has 3 aromatic rings. The average Bonchev–Trinajstić information content (AvgIpc) is 3.19. The molecule has 30 heavy (non-hydrogen) atoms. The molecule has 1 aromatic heterocycles. The van der Waals surface area contributed by atoms with Gasteiger partial charge in [-0.3, -0.25) is 9.59 Å². The number of carbonyl (C=O) groups is 2. The molecule has 7 nitrogen and oxygen atoms in total. The van der Waals surface area contributed by atoms with Crippen molar-refractivity contribution in [2.45, 2.75) is 19.0 Å². The first-order valence-electron chi connectivity index (χ1n) is 10.1. The van der Waals surface area contributed by atoms with Gasteiger partial charge in [-0.1, -0.05) is 36.4 Å². The van der Waals surface area contributed by atoms with E-state index in [1.54, 1.807) is 6.92 Å². The lowest BCUT2D eigenvalue weighted by Crippen LogP contribution is -2.36. The maximum atomic E-state index is 12.4. The van der Waals surface area contributed by atoms with E-state index in [9.17, 15) is 9.59 Å². The first-order valence-corrected chi connectivity index (χ1v) is 10.1. The quantitative estimate of drug-likeness (QED) is 0.656. The Hall–Kier alpha value is -3.32. The monoisotopic (exact) mass is 401 g/mol. The fourth-order valence-corrected chi connectivity index (χ4v) is 4.58. The average molecular weight is 401 g/mol. The molecule has 5 rings (SSSR count). The van der Waals surface area contributed by atoms with Crippen LogP contribution < -0.4 is 16.0 Å². The number of Topliss-reactive ketones (excluding diaryl/α,β-unsaturated/α-hetero) is 1. The van der Waals surface area contributed by atoms with Crippen LogP contribution in [-0.2, 0) is 4.79 Å². The molecule has 7 heteroatoms. The lowest BCUT2D eigenvalue weighted by molar-refractivity contribution is -0.119. The molecule has 3 N–H and O–H groups in total. The van der Waals surface area contributed by atoms with Crippen LogP contribution in [0.15, 0.2) is 54.9 Å². The molecule has 1 aliphatic heterocycles. The third kappa shape index (κ3) is 3.31. The Balaban J connectivity index is 1.26. The van der Waals surface area contributed by atoms with Gasteiger partial charge in [-0.05, 0) is 41.2 Å².